The van der Waals surface area contributed by atoms with Crippen LogP contribution in [0.4, 0.5) is 17.5 Å². The van der Waals surface area contributed by atoms with E-state index in [1.807, 2.05) is 30.3 Å². The van der Waals surface area contributed by atoms with Gasteiger partial charge in [0, 0.05) is 12.6 Å². The second kappa shape index (κ2) is 10.1. The molecule has 1 amide bonds. The van der Waals surface area contributed by atoms with Crippen molar-refractivity contribution in [3.8, 4) is 5.75 Å². The van der Waals surface area contributed by atoms with Gasteiger partial charge in [-0.2, -0.15) is 9.97 Å². The summed E-state index contributed by atoms with van der Waals surface area (Å²) < 4.78 is 5.41. The Morgan fingerprint density at radius 1 is 1.00 bits per heavy atom. The summed E-state index contributed by atoms with van der Waals surface area (Å²) in [4.78, 5) is 42.8. The molecule has 0 spiro atoms. The number of rotatable bonds is 7. The molecule has 0 aliphatic heterocycles. The molecule has 4 rings (SSSR count). The minimum atomic E-state index is -0.802. The van der Waals surface area contributed by atoms with Crippen molar-refractivity contribution < 1.29 is 14.3 Å². The maximum absolute atomic E-state index is 12.4. The molecular weight excluding hydrogens is 448 g/mol. The topological polar surface area (TPSA) is 176 Å². The molecule has 35 heavy (non-hydrogen) atoms. The largest absolute Gasteiger partial charge is 0.425 e. The summed E-state index contributed by atoms with van der Waals surface area (Å²) in [6, 6.07) is 15.2. The molecule has 178 valence electrons. The van der Waals surface area contributed by atoms with Gasteiger partial charge < -0.3 is 26.8 Å². The molecule has 0 bridgehead atoms. The van der Waals surface area contributed by atoms with Gasteiger partial charge >= 0.3 is 5.97 Å². The van der Waals surface area contributed by atoms with Gasteiger partial charge in [0.1, 0.15) is 11.8 Å². The fourth-order valence-electron chi connectivity index (χ4n) is 3.44. The van der Waals surface area contributed by atoms with E-state index in [1.165, 1.54) is 18.0 Å². The molecule has 2 aromatic carbocycles. The predicted octanol–water partition coefficient (Wildman–Crippen LogP) is 1.61. The Kier molecular flexibility index (Phi) is 6.78. The number of carbonyl (C=O) groups is 2. The van der Waals surface area contributed by atoms with Gasteiger partial charge in [-0.25, -0.2) is 14.8 Å². The molecule has 2 heterocycles. The van der Waals surface area contributed by atoms with Gasteiger partial charge in [0.05, 0.1) is 18.4 Å². The molecule has 0 fully saturated rings. The van der Waals surface area contributed by atoms with Crippen LogP contribution in [0.25, 0.3) is 11.2 Å². The molecule has 0 aliphatic carbocycles. The van der Waals surface area contributed by atoms with E-state index in [4.69, 9.17) is 21.9 Å². The van der Waals surface area contributed by atoms with E-state index in [0.29, 0.717) is 29.1 Å². The molecule has 0 aliphatic rings. The number of fused-ring (bicyclic) bond motifs is 1. The second-order valence-corrected chi connectivity index (χ2v) is 7.82. The lowest BCUT2D eigenvalue weighted by molar-refractivity contribution is -0.135. The van der Waals surface area contributed by atoms with E-state index in [0.717, 1.165) is 5.56 Å². The van der Waals surface area contributed by atoms with Crippen LogP contribution in [0.3, 0.4) is 0 Å². The standard InChI is InChI=1S/C24H24N8O3/c1-14(33)32(13-16-12-28-22-20(29-16)21(26)30-24(27)31-22)17-7-9-18(10-8-17)35-23(34)19(25)11-15-5-3-2-4-6-15/h2-10,12,19H,11,13,25H2,1H3,(H4,26,27,28,30,31). The van der Waals surface area contributed by atoms with Crippen LogP contribution in [0, 0.1) is 0 Å². The third kappa shape index (κ3) is 5.65. The highest BCUT2D eigenvalue weighted by Gasteiger charge is 2.18. The molecular formula is C24H24N8O3. The highest BCUT2D eigenvalue weighted by atomic mass is 16.5. The van der Waals surface area contributed by atoms with Crippen LogP contribution in [0.15, 0.2) is 60.8 Å². The van der Waals surface area contributed by atoms with Crippen molar-refractivity contribution in [2.24, 2.45) is 5.73 Å². The Bertz CT molecular complexity index is 1360. The van der Waals surface area contributed by atoms with E-state index in [-0.39, 0.29) is 29.9 Å². The molecule has 0 radical (unpaired) electrons. The van der Waals surface area contributed by atoms with Gasteiger partial charge in [-0.05, 0) is 36.2 Å². The number of hydrogen-bond donors (Lipinski definition) is 3. The Morgan fingerprint density at radius 2 is 1.71 bits per heavy atom. The quantitative estimate of drug-likeness (QED) is 0.264. The van der Waals surface area contributed by atoms with Crippen molar-refractivity contribution in [2.45, 2.75) is 25.9 Å². The highest BCUT2D eigenvalue weighted by Crippen LogP contribution is 2.23. The summed E-state index contributed by atoms with van der Waals surface area (Å²) >= 11 is 0. The Morgan fingerprint density at radius 3 is 2.40 bits per heavy atom. The number of carbonyl (C=O) groups excluding carboxylic acids is 2. The zero-order valence-electron chi connectivity index (χ0n) is 19.0. The zero-order chi connectivity index (χ0) is 24.9. The monoisotopic (exact) mass is 472 g/mol. The second-order valence-electron chi connectivity index (χ2n) is 7.82. The third-order valence-electron chi connectivity index (χ3n) is 5.17. The first-order valence-corrected chi connectivity index (χ1v) is 10.7. The van der Waals surface area contributed by atoms with Crippen molar-refractivity contribution in [1.29, 1.82) is 0 Å². The van der Waals surface area contributed by atoms with Crippen molar-refractivity contribution in [3.63, 3.8) is 0 Å². The first kappa shape index (κ1) is 23.5. The molecule has 6 N–H and O–H groups in total. The number of hydrogen-bond acceptors (Lipinski definition) is 10. The first-order chi connectivity index (χ1) is 16.8. The average Bonchev–Trinajstić information content (AvgIpc) is 2.84. The van der Waals surface area contributed by atoms with Gasteiger partial charge in [-0.1, -0.05) is 30.3 Å². The summed E-state index contributed by atoms with van der Waals surface area (Å²) in [6.45, 7) is 1.56. The van der Waals surface area contributed by atoms with E-state index < -0.39 is 12.0 Å². The van der Waals surface area contributed by atoms with Crippen LogP contribution < -0.4 is 26.8 Å². The van der Waals surface area contributed by atoms with Crippen LogP contribution in [-0.2, 0) is 22.6 Å². The van der Waals surface area contributed by atoms with E-state index in [9.17, 15) is 9.59 Å². The van der Waals surface area contributed by atoms with Crippen LogP contribution in [0.1, 0.15) is 18.2 Å². The number of esters is 1. The normalized spacial score (nSPS) is 11.7. The first-order valence-electron chi connectivity index (χ1n) is 10.7. The van der Waals surface area contributed by atoms with Crippen molar-refractivity contribution >= 4 is 40.5 Å². The lowest BCUT2D eigenvalue weighted by atomic mass is 10.1. The van der Waals surface area contributed by atoms with Crippen LogP contribution in [-0.4, -0.2) is 37.9 Å². The molecule has 11 nitrogen and oxygen atoms in total. The Labute approximate surface area is 201 Å². The number of ether oxygens (including phenoxy) is 1. The summed E-state index contributed by atoms with van der Waals surface area (Å²) in [5.41, 5.74) is 20.0. The van der Waals surface area contributed by atoms with Crippen molar-refractivity contribution in [3.05, 3.63) is 72.1 Å². The smallest absolute Gasteiger partial charge is 0.328 e. The summed E-state index contributed by atoms with van der Waals surface area (Å²) in [7, 11) is 0. The molecule has 0 saturated heterocycles. The maximum atomic E-state index is 12.4. The van der Waals surface area contributed by atoms with E-state index in [1.54, 1.807) is 24.3 Å². The van der Waals surface area contributed by atoms with Crippen molar-refractivity contribution in [1.82, 2.24) is 19.9 Å². The minimum Gasteiger partial charge on any atom is -0.425 e. The Balaban J connectivity index is 1.46. The fourth-order valence-corrected chi connectivity index (χ4v) is 3.44. The number of aromatic nitrogens is 4. The maximum Gasteiger partial charge on any atom is 0.328 e. The van der Waals surface area contributed by atoms with Gasteiger partial charge in [-0.3, -0.25) is 4.79 Å². The molecule has 2 aromatic heterocycles. The number of benzene rings is 2. The summed E-state index contributed by atoms with van der Waals surface area (Å²) in [5.74, 6) is -0.337. The van der Waals surface area contributed by atoms with Crippen LogP contribution >= 0.6 is 0 Å². The third-order valence-corrected chi connectivity index (χ3v) is 5.17. The minimum absolute atomic E-state index is 0.00391. The number of amides is 1. The average molecular weight is 473 g/mol. The zero-order valence-corrected chi connectivity index (χ0v) is 19.0. The number of nitrogens with two attached hydrogens (primary N) is 3. The summed E-state index contributed by atoms with van der Waals surface area (Å²) in [5, 5.41) is 0. The van der Waals surface area contributed by atoms with Gasteiger partial charge in [-0.15, -0.1) is 0 Å². The van der Waals surface area contributed by atoms with E-state index >= 15 is 0 Å². The fraction of sp³-hybridized carbons (Fsp3) is 0.167. The molecule has 1 unspecified atom stereocenters. The van der Waals surface area contributed by atoms with Crippen LogP contribution in [0.5, 0.6) is 5.75 Å². The number of nitrogens with zero attached hydrogens (tertiary/aromatic N) is 5. The van der Waals surface area contributed by atoms with Gasteiger partial charge in [0.25, 0.3) is 0 Å². The molecule has 0 saturated carbocycles. The van der Waals surface area contributed by atoms with Crippen LogP contribution in [0.2, 0.25) is 0 Å². The highest BCUT2D eigenvalue weighted by molar-refractivity contribution is 5.91. The SMILES string of the molecule is CC(=O)N(Cc1cnc2nc(N)nc(N)c2n1)c1ccc(OC(=O)C(N)Cc2ccccc2)cc1. The Hall–Kier alpha value is -4.64. The predicted molar refractivity (Wildman–Crippen MR) is 131 cm³/mol. The molecule has 1 atom stereocenters. The lowest BCUT2D eigenvalue weighted by Crippen LogP contribution is -2.36. The number of nitrogen functional groups attached to an aromatic ring is 2. The lowest BCUT2D eigenvalue weighted by Gasteiger charge is -2.21. The summed E-state index contributed by atoms with van der Waals surface area (Å²) in [6.07, 6.45) is 1.86. The molecule has 4 aromatic rings. The van der Waals surface area contributed by atoms with Crippen molar-refractivity contribution in [2.75, 3.05) is 16.4 Å². The molecule has 11 heteroatoms. The number of anilines is 3. The van der Waals surface area contributed by atoms with E-state index in [2.05, 4.69) is 19.9 Å². The van der Waals surface area contributed by atoms with Gasteiger partial charge in [0.2, 0.25) is 11.9 Å². The van der Waals surface area contributed by atoms with Gasteiger partial charge in [0.15, 0.2) is 17.0 Å².